The molecule has 0 bridgehead atoms. The Morgan fingerprint density at radius 2 is 1.85 bits per heavy atom. The second-order valence-electron chi connectivity index (χ2n) is 6.31. The number of carbonyl (C=O) groups is 1. The maximum absolute atomic E-state index is 13.9. The van der Waals surface area contributed by atoms with Crippen LogP contribution >= 0.6 is 0 Å². The number of halogens is 2. The first-order valence-electron chi connectivity index (χ1n) is 8.58. The monoisotopic (exact) mass is 369 g/mol. The highest BCUT2D eigenvalue weighted by molar-refractivity contribution is 5.93. The number of amides is 1. The predicted octanol–water partition coefficient (Wildman–Crippen LogP) is 3.40. The molecule has 0 aliphatic carbocycles. The maximum atomic E-state index is 13.9. The van der Waals surface area contributed by atoms with Crippen LogP contribution in [0.5, 0.6) is 5.75 Å². The molecule has 2 aromatic carbocycles. The van der Waals surface area contributed by atoms with Crippen LogP contribution in [0.25, 0.3) is 0 Å². The third-order valence-electron chi connectivity index (χ3n) is 4.42. The van der Waals surface area contributed by atoms with E-state index in [2.05, 4.69) is 5.10 Å². The van der Waals surface area contributed by atoms with Crippen LogP contribution in [-0.4, -0.2) is 27.1 Å². The van der Waals surface area contributed by atoms with E-state index < -0.39 is 11.6 Å². The smallest absolute Gasteiger partial charge is 0.272 e. The van der Waals surface area contributed by atoms with Crippen LogP contribution in [0.3, 0.4) is 0 Å². The van der Waals surface area contributed by atoms with E-state index in [0.717, 1.165) is 23.9 Å². The third-order valence-corrected chi connectivity index (χ3v) is 4.42. The van der Waals surface area contributed by atoms with Gasteiger partial charge in [-0.1, -0.05) is 18.2 Å². The van der Waals surface area contributed by atoms with Crippen molar-refractivity contribution in [2.24, 2.45) is 0 Å². The van der Waals surface area contributed by atoms with E-state index in [1.54, 1.807) is 10.7 Å². The molecule has 138 valence electrons. The molecule has 3 aromatic rings. The lowest BCUT2D eigenvalue weighted by molar-refractivity contribution is 0.0681. The number of aromatic nitrogens is 2. The minimum atomic E-state index is -0.528. The van der Waals surface area contributed by atoms with Gasteiger partial charge in [0.1, 0.15) is 35.4 Å². The van der Waals surface area contributed by atoms with E-state index in [1.165, 1.54) is 4.90 Å². The summed E-state index contributed by atoms with van der Waals surface area (Å²) in [5.74, 6) is -0.595. The molecule has 0 N–H and O–H groups in total. The predicted molar refractivity (Wildman–Crippen MR) is 94.1 cm³/mol. The zero-order valence-corrected chi connectivity index (χ0v) is 14.4. The SMILES string of the molecule is O=C1c2cc(COc3ccccc3)nn2CCN1Cc1cc(F)ccc1F. The fourth-order valence-electron chi connectivity index (χ4n) is 3.06. The molecule has 0 saturated heterocycles. The first-order valence-corrected chi connectivity index (χ1v) is 8.58. The molecule has 0 fully saturated rings. The van der Waals surface area contributed by atoms with Gasteiger partial charge in [-0.05, 0) is 36.4 Å². The summed E-state index contributed by atoms with van der Waals surface area (Å²) in [6.07, 6.45) is 0. The van der Waals surface area contributed by atoms with Crippen molar-refractivity contribution in [3.05, 3.63) is 83.2 Å². The zero-order valence-electron chi connectivity index (χ0n) is 14.4. The number of nitrogens with zero attached hydrogens (tertiary/aromatic N) is 3. The van der Waals surface area contributed by atoms with Gasteiger partial charge in [0.2, 0.25) is 0 Å². The van der Waals surface area contributed by atoms with Crippen molar-refractivity contribution in [2.75, 3.05) is 6.54 Å². The number of ether oxygens (including phenoxy) is 1. The minimum Gasteiger partial charge on any atom is -0.487 e. The van der Waals surface area contributed by atoms with Crippen molar-refractivity contribution in [3.8, 4) is 5.75 Å². The topological polar surface area (TPSA) is 47.4 Å². The molecule has 4 rings (SSSR count). The Bertz CT molecular complexity index is 973. The fraction of sp³-hybridized carbons (Fsp3) is 0.200. The van der Waals surface area contributed by atoms with Crippen molar-refractivity contribution < 1.29 is 18.3 Å². The summed E-state index contributed by atoms with van der Waals surface area (Å²) in [5.41, 5.74) is 1.22. The minimum absolute atomic E-state index is 0.0173. The summed E-state index contributed by atoms with van der Waals surface area (Å²) in [7, 11) is 0. The summed E-state index contributed by atoms with van der Waals surface area (Å²) in [5, 5.41) is 4.40. The molecule has 27 heavy (non-hydrogen) atoms. The number of rotatable bonds is 5. The van der Waals surface area contributed by atoms with Crippen LogP contribution in [0.15, 0.2) is 54.6 Å². The normalized spacial score (nSPS) is 13.6. The van der Waals surface area contributed by atoms with Gasteiger partial charge < -0.3 is 9.64 Å². The van der Waals surface area contributed by atoms with E-state index in [0.29, 0.717) is 24.5 Å². The molecule has 0 radical (unpaired) electrons. The average molecular weight is 369 g/mol. The first-order chi connectivity index (χ1) is 13.1. The molecule has 1 aliphatic heterocycles. The van der Waals surface area contributed by atoms with Crippen LogP contribution in [0.1, 0.15) is 21.7 Å². The Kier molecular flexibility index (Phi) is 4.58. The van der Waals surface area contributed by atoms with E-state index in [1.807, 2.05) is 30.3 Å². The number of benzene rings is 2. The van der Waals surface area contributed by atoms with Gasteiger partial charge in [0.15, 0.2) is 0 Å². The van der Waals surface area contributed by atoms with Gasteiger partial charge in [-0.2, -0.15) is 5.10 Å². The largest absolute Gasteiger partial charge is 0.487 e. The molecular weight excluding hydrogens is 352 g/mol. The van der Waals surface area contributed by atoms with Crippen molar-refractivity contribution in [1.29, 1.82) is 0 Å². The Balaban J connectivity index is 1.47. The summed E-state index contributed by atoms with van der Waals surface area (Å²) in [6.45, 7) is 1.13. The summed E-state index contributed by atoms with van der Waals surface area (Å²) < 4.78 is 34.5. The molecule has 1 aliphatic rings. The molecule has 5 nitrogen and oxygen atoms in total. The Morgan fingerprint density at radius 1 is 1.04 bits per heavy atom. The second-order valence-corrected chi connectivity index (χ2v) is 6.31. The zero-order chi connectivity index (χ0) is 18.8. The van der Waals surface area contributed by atoms with Gasteiger partial charge in [-0.25, -0.2) is 8.78 Å². The van der Waals surface area contributed by atoms with Crippen LogP contribution in [0, 0.1) is 11.6 Å². The van der Waals surface area contributed by atoms with Gasteiger partial charge in [-0.15, -0.1) is 0 Å². The lowest BCUT2D eigenvalue weighted by Crippen LogP contribution is -2.40. The lowest BCUT2D eigenvalue weighted by atomic mass is 10.1. The summed E-state index contributed by atoms with van der Waals surface area (Å²) in [6, 6.07) is 14.3. The van der Waals surface area contributed by atoms with Crippen LogP contribution in [-0.2, 0) is 19.7 Å². The average Bonchev–Trinajstić information content (AvgIpc) is 3.10. The molecule has 1 aromatic heterocycles. The molecule has 7 heteroatoms. The Labute approximate surface area is 154 Å². The van der Waals surface area contributed by atoms with Gasteiger partial charge in [0, 0.05) is 18.7 Å². The number of hydrogen-bond acceptors (Lipinski definition) is 3. The third kappa shape index (κ3) is 3.67. The Morgan fingerprint density at radius 3 is 2.67 bits per heavy atom. The van der Waals surface area contributed by atoms with E-state index in [9.17, 15) is 13.6 Å². The van der Waals surface area contributed by atoms with Crippen molar-refractivity contribution in [3.63, 3.8) is 0 Å². The van der Waals surface area contributed by atoms with Crippen molar-refractivity contribution in [2.45, 2.75) is 19.7 Å². The van der Waals surface area contributed by atoms with Crippen LogP contribution < -0.4 is 4.74 Å². The number of fused-ring (bicyclic) bond motifs is 1. The fourth-order valence-corrected chi connectivity index (χ4v) is 3.06. The molecule has 0 unspecified atom stereocenters. The summed E-state index contributed by atoms with van der Waals surface area (Å²) in [4.78, 5) is 14.2. The molecule has 1 amide bonds. The van der Waals surface area contributed by atoms with E-state index >= 15 is 0 Å². The number of hydrogen-bond donors (Lipinski definition) is 0. The van der Waals surface area contributed by atoms with Crippen molar-refractivity contribution in [1.82, 2.24) is 14.7 Å². The first kappa shape index (κ1) is 17.2. The Hall–Kier alpha value is -3.22. The highest BCUT2D eigenvalue weighted by Crippen LogP contribution is 2.19. The number of carbonyl (C=O) groups excluding carboxylic acids is 1. The molecule has 0 spiro atoms. The highest BCUT2D eigenvalue weighted by Gasteiger charge is 2.27. The standard InChI is InChI=1S/C20H17F2N3O2/c21-15-6-7-18(22)14(10-15)12-24-8-9-25-19(20(24)26)11-16(23-25)13-27-17-4-2-1-3-5-17/h1-7,10-11H,8-9,12-13H2. The molecule has 0 atom stereocenters. The van der Waals surface area contributed by atoms with Crippen molar-refractivity contribution >= 4 is 5.91 Å². The number of para-hydroxylation sites is 1. The lowest BCUT2D eigenvalue weighted by Gasteiger charge is -2.27. The van der Waals surface area contributed by atoms with Gasteiger partial charge in [-0.3, -0.25) is 9.48 Å². The van der Waals surface area contributed by atoms with Crippen LogP contribution in [0.4, 0.5) is 8.78 Å². The van der Waals surface area contributed by atoms with Crippen LogP contribution in [0.2, 0.25) is 0 Å². The van der Waals surface area contributed by atoms with Gasteiger partial charge >= 0.3 is 0 Å². The van der Waals surface area contributed by atoms with E-state index in [4.69, 9.17) is 4.74 Å². The second kappa shape index (κ2) is 7.19. The summed E-state index contributed by atoms with van der Waals surface area (Å²) >= 11 is 0. The maximum Gasteiger partial charge on any atom is 0.272 e. The highest BCUT2D eigenvalue weighted by atomic mass is 19.1. The van der Waals surface area contributed by atoms with E-state index in [-0.39, 0.29) is 24.6 Å². The molecular formula is C20H17F2N3O2. The molecule has 2 heterocycles. The molecule has 0 saturated carbocycles. The van der Waals surface area contributed by atoms with Gasteiger partial charge in [0.05, 0.1) is 6.54 Å². The quantitative estimate of drug-likeness (QED) is 0.693. The van der Waals surface area contributed by atoms with Gasteiger partial charge in [0.25, 0.3) is 5.91 Å².